The fourth-order valence-corrected chi connectivity index (χ4v) is 3.13. The van der Waals surface area contributed by atoms with Crippen LogP contribution in [0, 0.1) is 6.92 Å². The molecule has 1 saturated heterocycles. The smallest absolute Gasteiger partial charge is 0.188 e. The quantitative estimate of drug-likeness (QED) is 0.482. The Labute approximate surface area is 134 Å². The number of ether oxygens (including phenoxy) is 1. The topological polar surface area (TPSA) is 59.6 Å². The van der Waals surface area contributed by atoms with Crippen LogP contribution in [0.15, 0.2) is 29.3 Å². The Hall–Kier alpha value is -1.55. The van der Waals surface area contributed by atoms with E-state index in [4.69, 9.17) is 10.5 Å². The maximum Gasteiger partial charge on any atom is 0.188 e. The van der Waals surface area contributed by atoms with E-state index >= 15 is 0 Å². The van der Waals surface area contributed by atoms with Crippen molar-refractivity contribution in [2.45, 2.75) is 44.9 Å². The summed E-state index contributed by atoms with van der Waals surface area (Å²) in [5.74, 6) is 0.563. The van der Waals surface area contributed by atoms with E-state index in [1.165, 1.54) is 11.1 Å². The van der Waals surface area contributed by atoms with Crippen LogP contribution in [0.4, 0.5) is 0 Å². The molecule has 122 valence electrons. The van der Waals surface area contributed by atoms with Crippen LogP contribution < -0.4 is 11.1 Å². The van der Waals surface area contributed by atoms with Gasteiger partial charge >= 0.3 is 0 Å². The zero-order chi connectivity index (χ0) is 15.8. The lowest BCUT2D eigenvalue weighted by Gasteiger charge is -2.37. The van der Waals surface area contributed by atoms with E-state index < -0.39 is 0 Å². The molecule has 0 spiro atoms. The third kappa shape index (κ3) is 4.23. The highest BCUT2D eigenvalue weighted by Gasteiger charge is 2.35. The molecule has 0 atom stereocenters. The number of benzene rings is 1. The van der Waals surface area contributed by atoms with Gasteiger partial charge in [-0.1, -0.05) is 37.6 Å². The summed E-state index contributed by atoms with van der Waals surface area (Å²) < 4.78 is 5.58. The van der Waals surface area contributed by atoms with E-state index in [0.29, 0.717) is 5.96 Å². The molecule has 0 aliphatic carbocycles. The van der Waals surface area contributed by atoms with Gasteiger partial charge in [0.15, 0.2) is 5.96 Å². The van der Waals surface area contributed by atoms with Crippen LogP contribution in [0.2, 0.25) is 0 Å². The van der Waals surface area contributed by atoms with Crippen molar-refractivity contribution < 1.29 is 4.74 Å². The van der Waals surface area contributed by atoms with Crippen LogP contribution in [0.5, 0.6) is 0 Å². The Morgan fingerprint density at radius 3 is 2.73 bits per heavy atom. The predicted octanol–water partition coefficient (Wildman–Crippen LogP) is 2.75. The summed E-state index contributed by atoms with van der Waals surface area (Å²) in [6.07, 6.45) is 4.28. The molecular weight excluding hydrogens is 274 g/mol. The molecule has 0 amide bonds. The summed E-state index contributed by atoms with van der Waals surface area (Å²) in [5.41, 5.74) is 8.79. The molecule has 2 rings (SSSR count). The summed E-state index contributed by atoms with van der Waals surface area (Å²) in [4.78, 5) is 4.64. The van der Waals surface area contributed by atoms with Gasteiger partial charge in [0.2, 0.25) is 0 Å². The molecule has 4 nitrogen and oxygen atoms in total. The van der Waals surface area contributed by atoms with Gasteiger partial charge in [-0.15, -0.1) is 0 Å². The number of nitrogens with one attached hydrogen (secondary N) is 1. The summed E-state index contributed by atoms with van der Waals surface area (Å²) >= 11 is 0. The molecule has 1 aromatic rings. The van der Waals surface area contributed by atoms with Gasteiger partial charge in [0.1, 0.15) is 0 Å². The highest BCUT2D eigenvalue weighted by atomic mass is 16.5. The molecule has 0 saturated carbocycles. The Morgan fingerprint density at radius 2 is 2.05 bits per heavy atom. The number of unbranched alkanes of at least 4 members (excludes halogenated alkanes) is 1. The maximum absolute atomic E-state index is 6.01. The number of nitrogens with zero attached hydrogens (tertiary/aromatic N) is 1. The molecule has 0 aromatic heterocycles. The summed E-state index contributed by atoms with van der Waals surface area (Å²) in [6, 6.07) is 8.62. The number of aliphatic imine (C=N–C) groups is 1. The van der Waals surface area contributed by atoms with Crippen LogP contribution in [-0.2, 0) is 10.2 Å². The second-order valence-electron chi connectivity index (χ2n) is 6.19. The number of guanidine groups is 1. The summed E-state index contributed by atoms with van der Waals surface area (Å²) in [6.45, 7) is 7.57. The van der Waals surface area contributed by atoms with Gasteiger partial charge in [-0.25, -0.2) is 0 Å². The molecule has 1 aliphatic rings. The van der Waals surface area contributed by atoms with Crippen molar-refractivity contribution in [1.29, 1.82) is 0 Å². The molecule has 4 heteroatoms. The normalized spacial score (nSPS) is 18.2. The van der Waals surface area contributed by atoms with E-state index in [-0.39, 0.29) is 5.41 Å². The van der Waals surface area contributed by atoms with Crippen molar-refractivity contribution in [3.63, 3.8) is 0 Å². The minimum atomic E-state index is 0.0562. The van der Waals surface area contributed by atoms with E-state index in [1.54, 1.807) is 0 Å². The van der Waals surface area contributed by atoms with Crippen LogP contribution in [0.25, 0.3) is 0 Å². The zero-order valence-corrected chi connectivity index (χ0v) is 13.9. The highest BCUT2D eigenvalue weighted by Crippen LogP contribution is 2.36. The first-order valence-corrected chi connectivity index (χ1v) is 8.35. The van der Waals surface area contributed by atoms with E-state index in [2.05, 4.69) is 48.4 Å². The lowest BCUT2D eigenvalue weighted by molar-refractivity contribution is 0.0529. The number of hydrogen-bond acceptors (Lipinski definition) is 2. The van der Waals surface area contributed by atoms with Gasteiger partial charge in [0.25, 0.3) is 0 Å². The lowest BCUT2D eigenvalue weighted by Crippen LogP contribution is -2.40. The Bertz CT molecular complexity index is 493. The first-order valence-electron chi connectivity index (χ1n) is 8.35. The SMILES string of the molecule is CCCCNC(N)=NCC1(c2ccccc2C)CCOCC1. The molecule has 0 unspecified atom stereocenters. The lowest BCUT2D eigenvalue weighted by atomic mass is 9.72. The maximum atomic E-state index is 6.01. The van der Waals surface area contributed by atoms with Gasteiger partial charge in [-0.05, 0) is 37.3 Å². The van der Waals surface area contributed by atoms with Crippen molar-refractivity contribution in [3.8, 4) is 0 Å². The molecule has 0 bridgehead atoms. The number of hydrogen-bond donors (Lipinski definition) is 2. The van der Waals surface area contributed by atoms with Crippen LogP contribution in [0.3, 0.4) is 0 Å². The average molecular weight is 303 g/mol. The van der Waals surface area contributed by atoms with E-state index in [9.17, 15) is 0 Å². The van der Waals surface area contributed by atoms with Gasteiger partial charge < -0.3 is 15.8 Å². The fraction of sp³-hybridized carbons (Fsp3) is 0.611. The molecule has 0 radical (unpaired) electrons. The monoisotopic (exact) mass is 303 g/mol. The van der Waals surface area contributed by atoms with Gasteiger partial charge in [-0.3, -0.25) is 4.99 Å². The Morgan fingerprint density at radius 1 is 1.32 bits per heavy atom. The minimum Gasteiger partial charge on any atom is -0.381 e. The second-order valence-corrected chi connectivity index (χ2v) is 6.19. The number of aryl methyl sites for hydroxylation is 1. The fourth-order valence-electron chi connectivity index (χ4n) is 3.13. The standard InChI is InChI=1S/C18H29N3O/c1-3-4-11-20-17(19)21-14-18(9-12-22-13-10-18)16-8-6-5-7-15(16)2/h5-8H,3-4,9-14H2,1-2H3,(H3,19,20,21). The van der Waals surface area contributed by atoms with E-state index in [1.807, 2.05) is 0 Å². The number of rotatable bonds is 6. The Kier molecular flexibility index (Phi) is 6.25. The largest absolute Gasteiger partial charge is 0.381 e. The van der Waals surface area contributed by atoms with Crippen molar-refractivity contribution >= 4 is 5.96 Å². The van der Waals surface area contributed by atoms with Gasteiger partial charge in [0, 0.05) is 25.2 Å². The van der Waals surface area contributed by atoms with Gasteiger partial charge in [-0.2, -0.15) is 0 Å². The molecule has 1 aliphatic heterocycles. The number of nitrogens with two attached hydrogens (primary N) is 1. The molecule has 1 fully saturated rings. The molecule has 1 heterocycles. The zero-order valence-electron chi connectivity index (χ0n) is 13.9. The summed E-state index contributed by atoms with van der Waals surface area (Å²) in [5, 5.41) is 3.20. The molecule has 1 aromatic carbocycles. The van der Waals surface area contributed by atoms with Crippen molar-refractivity contribution in [3.05, 3.63) is 35.4 Å². The predicted molar refractivity (Wildman–Crippen MR) is 92.3 cm³/mol. The van der Waals surface area contributed by atoms with Gasteiger partial charge in [0.05, 0.1) is 6.54 Å². The van der Waals surface area contributed by atoms with Crippen molar-refractivity contribution in [2.24, 2.45) is 10.7 Å². The molecule has 3 N–H and O–H groups in total. The Balaban J connectivity index is 2.13. The first kappa shape index (κ1) is 16.8. The third-order valence-corrected chi connectivity index (χ3v) is 4.55. The minimum absolute atomic E-state index is 0.0562. The second kappa shape index (κ2) is 8.18. The molecule has 22 heavy (non-hydrogen) atoms. The van der Waals surface area contributed by atoms with Crippen molar-refractivity contribution in [2.75, 3.05) is 26.3 Å². The average Bonchev–Trinajstić information content (AvgIpc) is 2.54. The van der Waals surface area contributed by atoms with Crippen LogP contribution >= 0.6 is 0 Å². The third-order valence-electron chi connectivity index (χ3n) is 4.55. The first-order chi connectivity index (χ1) is 10.7. The van der Waals surface area contributed by atoms with Crippen LogP contribution in [0.1, 0.15) is 43.7 Å². The highest BCUT2D eigenvalue weighted by molar-refractivity contribution is 5.77. The van der Waals surface area contributed by atoms with Crippen LogP contribution in [-0.4, -0.2) is 32.3 Å². The van der Waals surface area contributed by atoms with Crippen molar-refractivity contribution in [1.82, 2.24) is 5.32 Å². The summed E-state index contributed by atoms with van der Waals surface area (Å²) in [7, 11) is 0. The molecular formula is C18H29N3O. The van der Waals surface area contributed by atoms with E-state index in [0.717, 1.165) is 52.0 Å².